The van der Waals surface area contributed by atoms with E-state index in [4.69, 9.17) is 21.1 Å². The first-order chi connectivity index (χ1) is 11.7. The van der Waals surface area contributed by atoms with Crippen molar-refractivity contribution in [1.82, 2.24) is 10.2 Å². The van der Waals surface area contributed by atoms with Gasteiger partial charge in [0.05, 0.1) is 12.1 Å². The van der Waals surface area contributed by atoms with E-state index in [1.165, 1.54) is 39.2 Å². The first-order valence-corrected chi connectivity index (χ1v) is 7.70. The van der Waals surface area contributed by atoms with Crippen molar-refractivity contribution in [3.05, 3.63) is 28.8 Å². The lowest BCUT2D eigenvalue weighted by Crippen LogP contribution is -2.41. The lowest BCUT2D eigenvalue weighted by Gasteiger charge is -2.15. The molecule has 8 nitrogen and oxygen atoms in total. The minimum absolute atomic E-state index is 0.245. The molecular formula is C16H17ClN2O6. The fourth-order valence-electron chi connectivity index (χ4n) is 2.21. The number of hydrogen-bond acceptors (Lipinski definition) is 6. The number of Topliss-reactive ketones (excluding diaryl/α,β-unsaturated/α-hetero) is 1. The van der Waals surface area contributed by atoms with Crippen molar-refractivity contribution in [2.45, 2.75) is 19.4 Å². The van der Waals surface area contributed by atoms with E-state index >= 15 is 0 Å². The summed E-state index contributed by atoms with van der Waals surface area (Å²) < 4.78 is 9.83. The summed E-state index contributed by atoms with van der Waals surface area (Å²) in [5.74, 6) is -1.47. The van der Waals surface area contributed by atoms with E-state index in [1.807, 2.05) is 0 Å². The Morgan fingerprint density at radius 1 is 1.28 bits per heavy atom. The molecule has 0 radical (unpaired) electrons. The number of benzene rings is 1. The Bertz CT molecular complexity index is 746. The summed E-state index contributed by atoms with van der Waals surface area (Å²) in [6.07, 6.45) is 0. The minimum Gasteiger partial charge on any atom is -0.495 e. The normalized spacial score (nSPS) is 15.8. The number of nitrogens with zero attached hydrogens (tertiary/aromatic N) is 1. The number of urea groups is 1. The fraction of sp³-hybridized carbons (Fsp3) is 0.375. The molecule has 2 rings (SSSR count). The third-order valence-electron chi connectivity index (χ3n) is 3.57. The maximum absolute atomic E-state index is 12.0. The average Bonchev–Trinajstić information content (AvgIpc) is 2.74. The second-order valence-corrected chi connectivity index (χ2v) is 6.29. The van der Waals surface area contributed by atoms with Gasteiger partial charge in [-0.05, 0) is 32.0 Å². The van der Waals surface area contributed by atoms with Crippen LogP contribution in [-0.2, 0) is 14.3 Å². The van der Waals surface area contributed by atoms with Crippen LogP contribution in [0.15, 0.2) is 18.2 Å². The van der Waals surface area contributed by atoms with Gasteiger partial charge in [-0.2, -0.15) is 0 Å². The summed E-state index contributed by atoms with van der Waals surface area (Å²) in [4.78, 5) is 48.2. The van der Waals surface area contributed by atoms with Crippen molar-refractivity contribution in [2.24, 2.45) is 0 Å². The molecule has 1 fully saturated rings. The standard InChI is InChI=1S/C16H17ClN2O6/c1-16(2)14(22)19(15(23)18-16)7-13(21)25-8-11(20)9-4-5-12(24-3)10(17)6-9/h4-6H,7-8H2,1-3H3,(H,18,23). The topological polar surface area (TPSA) is 102 Å². The van der Waals surface area contributed by atoms with E-state index < -0.39 is 42.4 Å². The number of imide groups is 1. The molecule has 0 spiro atoms. The number of halogens is 1. The van der Waals surface area contributed by atoms with Crippen LogP contribution in [0, 0.1) is 0 Å². The Hall–Kier alpha value is -2.61. The second-order valence-electron chi connectivity index (χ2n) is 5.88. The van der Waals surface area contributed by atoms with Crippen LogP contribution in [0.3, 0.4) is 0 Å². The third-order valence-corrected chi connectivity index (χ3v) is 3.87. The van der Waals surface area contributed by atoms with Gasteiger partial charge in [0, 0.05) is 5.56 Å². The Morgan fingerprint density at radius 3 is 2.48 bits per heavy atom. The first-order valence-electron chi connectivity index (χ1n) is 7.32. The molecule has 1 N–H and O–H groups in total. The Labute approximate surface area is 149 Å². The molecule has 0 atom stereocenters. The van der Waals surface area contributed by atoms with Crippen LogP contribution in [0.4, 0.5) is 4.79 Å². The number of ether oxygens (including phenoxy) is 2. The smallest absolute Gasteiger partial charge is 0.326 e. The van der Waals surface area contributed by atoms with E-state index in [2.05, 4.69) is 5.32 Å². The number of rotatable bonds is 6. The Morgan fingerprint density at radius 2 is 1.96 bits per heavy atom. The molecule has 0 bridgehead atoms. The number of carbonyl (C=O) groups excluding carboxylic acids is 4. The molecule has 9 heteroatoms. The molecule has 1 aromatic carbocycles. The highest BCUT2D eigenvalue weighted by atomic mass is 35.5. The highest BCUT2D eigenvalue weighted by molar-refractivity contribution is 6.32. The van der Waals surface area contributed by atoms with Crippen molar-refractivity contribution in [1.29, 1.82) is 0 Å². The largest absolute Gasteiger partial charge is 0.495 e. The van der Waals surface area contributed by atoms with Crippen molar-refractivity contribution >= 4 is 35.3 Å². The van der Waals surface area contributed by atoms with E-state index in [0.29, 0.717) is 5.75 Å². The summed E-state index contributed by atoms with van der Waals surface area (Å²) >= 11 is 5.93. The first kappa shape index (κ1) is 18.7. The third kappa shape index (κ3) is 4.08. The van der Waals surface area contributed by atoms with E-state index in [-0.39, 0.29) is 10.6 Å². The zero-order chi connectivity index (χ0) is 18.8. The van der Waals surface area contributed by atoms with Crippen LogP contribution in [-0.4, -0.2) is 54.4 Å². The van der Waals surface area contributed by atoms with Crippen LogP contribution < -0.4 is 10.1 Å². The molecule has 1 heterocycles. The fourth-order valence-corrected chi connectivity index (χ4v) is 2.46. The maximum atomic E-state index is 12.0. The molecule has 134 valence electrons. The van der Waals surface area contributed by atoms with Crippen LogP contribution in [0.2, 0.25) is 5.02 Å². The highest BCUT2D eigenvalue weighted by Crippen LogP contribution is 2.25. The van der Waals surface area contributed by atoms with Crippen LogP contribution in [0.5, 0.6) is 5.75 Å². The number of amides is 3. The zero-order valence-electron chi connectivity index (χ0n) is 13.9. The van der Waals surface area contributed by atoms with Crippen molar-refractivity contribution < 1.29 is 28.7 Å². The molecule has 25 heavy (non-hydrogen) atoms. The number of methoxy groups -OCH3 is 1. The quantitative estimate of drug-likeness (QED) is 0.462. The summed E-state index contributed by atoms with van der Waals surface area (Å²) in [7, 11) is 1.45. The van der Waals surface area contributed by atoms with Gasteiger partial charge in [0.1, 0.15) is 17.8 Å². The van der Waals surface area contributed by atoms with Crippen LogP contribution >= 0.6 is 11.6 Å². The van der Waals surface area contributed by atoms with Crippen molar-refractivity contribution in [3.63, 3.8) is 0 Å². The zero-order valence-corrected chi connectivity index (χ0v) is 14.7. The molecular weight excluding hydrogens is 352 g/mol. The molecule has 1 saturated heterocycles. The molecule has 0 unspecified atom stereocenters. The van der Waals surface area contributed by atoms with Gasteiger partial charge in [-0.25, -0.2) is 4.79 Å². The Kier molecular flexibility index (Phi) is 5.32. The predicted molar refractivity (Wildman–Crippen MR) is 87.6 cm³/mol. The molecule has 3 amide bonds. The summed E-state index contributed by atoms with van der Waals surface area (Å²) in [6, 6.07) is 3.73. The van der Waals surface area contributed by atoms with Crippen LogP contribution in [0.1, 0.15) is 24.2 Å². The molecule has 1 aliphatic rings. The van der Waals surface area contributed by atoms with Gasteiger partial charge in [-0.15, -0.1) is 0 Å². The molecule has 0 saturated carbocycles. The van der Waals surface area contributed by atoms with Gasteiger partial charge < -0.3 is 14.8 Å². The molecule has 0 aliphatic carbocycles. The summed E-state index contributed by atoms with van der Waals surface area (Å²) in [5, 5.41) is 2.69. The lowest BCUT2D eigenvalue weighted by molar-refractivity contribution is -0.146. The number of hydrogen-bond donors (Lipinski definition) is 1. The number of esters is 1. The monoisotopic (exact) mass is 368 g/mol. The summed E-state index contributed by atoms with van der Waals surface area (Å²) in [6.45, 7) is 1.95. The van der Waals surface area contributed by atoms with Gasteiger partial charge in [0.15, 0.2) is 12.4 Å². The maximum Gasteiger partial charge on any atom is 0.326 e. The highest BCUT2D eigenvalue weighted by Gasteiger charge is 2.45. The molecule has 0 aromatic heterocycles. The van der Waals surface area contributed by atoms with Gasteiger partial charge in [0.2, 0.25) is 0 Å². The number of ketones is 1. The number of nitrogens with one attached hydrogen (secondary N) is 1. The van der Waals surface area contributed by atoms with Gasteiger partial charge in [-0.3, -0.25) is 19.3 Å². The number of carbonyl (C=O) groups is 4. The SMILES string of the molecule is COc1ccc(C(=O)COC(=O)CN2C(=O)NC(C)(C)C2=O)cc1Cl. The van der Waals surface area contributed by atoms with Gasteiger partial charge in [-0.1, -0.05) is 11.6 Å². The van der Waals surface area contributed by atoms with E-state index in [1.54, 1.807) is 0 Å². The van der Waals surface area contributed by atoms with Crippen molar-refractivity contribution in [3.8, 4) is 5.75 Å². The van der Waals surface area contributed by atoms with Crippen LogP contribution in [0.25, 0.3) is 0 Å². The molecule has 1 aliphatic heterocycles. The summed E-state index contributed by atoms with van der Waals surface area (Å²) in [5.41, 5.74) is -0.831. The van der Waals surface area contributed by atoms with E-state index in [9.17, 15) is 19.2 Å². The second kappa shape index (κ2) is 7.10. The predicted octanol–water partition coefficient (Wildman–Crippen LogP) is 1.40. The lowest BCUT2D eigenvalue weighted by atomic mass is 10.1. The van der Waals surface area contributed by atoms with Gasteiger partial charge in [0.25, 0.3) is 5.91 Å². The van der Waals surface area contributed by atoms with E-state index in [0.717, 1.165) is 4.90 Å². The molecule has 1 aromatic rings. The average molecular weight is 369 g/mol. The van der Waals surface area contributed by atoms with Gasteiger partial charge >= 0.3 is 12.0 Å². The Balaban J connectivity index is 1.92. The minimum atomic E-state index is -1.08. The van der Waals surface area contributed by atoms with Crippen molar-refractivity contribution in [2.75, 3.05) is 20.3 Å².